The largest absolute Gasteiger partial charge is 0.480 e. The summed E-state index contributed by atoms with van der Waals surface area (Å²) in [6.07, 6.45) is 37.0. The molecule has 0 aliphatic heterocycles. The van der Waals surface area contributed by atoms with Crippen LogP contribution >= 0.6 is 7.82 Å². The second-order valence-electron chi connectivity index (χ2n) is 15.6. The normalized spacial score (nSPS) is 13.7. The Balaban J connectivity index is 3.85. The lowest BCUT2D eigenvalue weighted by molar-refractivity contribution is -0.147. The molecule has 0 spiro atoms. The zero-order valence-corrected chi connectivity index (χ0v) is 36.2. The highest BCUT2D eigenvalue weighted by atomic mass is 31.2. The topological polar surface area (TPSA) is 169 Å². The minimum atomic E-state index is -4.75. The number of hydrogen-bond acceptors (Lipinski definition) is 8. The van der Waals surface area contributed by atoms with Gasteiger partial charge >= 0.3 is 19.8 Å². The van der Waals surface area contributed by atoms with Crippen molar-refractivity contribution in [1.29, 1.82) is 0 Å². The molecular weight excluding hydrogens is 721 g/mol. The number of phosphoric acid groups is 1. The number of aliphatic hydroxyl groups is 1. The van der Waals surface area contributed by atoms with Crippen LogP contribution in [-0.2, 0) is 32.7 Å². The van der Waals surface area contributed by atoms with Gasteiger partial charge in [0.2, 0.25) is 5.91 Å². The van der Waals surface area contributed by atoms with Crippen LogP contribution in [0.3, 0.4) is 0 Å². The summed E-state index contributed by atoms with van der Waals surface area (Å²) >= 11 is 0. The minimum absolute atomic E-state index is 0.153. The first-order valence-corrected chi connectivity index (χ1v) is 24.1. The third kappa shape index (κ3) is 39.1. The summed E-state index contributed by atoms with van der Waals surface area (Å²) < 4.78 is 26.8. The molecular formula is C43H84NO10P. The molecule has 0 bridgehead atoms. The number of carbonyl (C=O) groups excluding carboxylic acids is 2. The van der Waals surface area contributed by atoms with Gasteiger partial charge in [-0.2, -0.15) is 0 Å². The molecule has 0 aromatic carbocycles. The lowest BCUT2D eigenvalue weighted by atomic mass is 10.0. The molecule has 0 aromatic heterocycles. The molecule has 4 N–H and O–H groups in total. The molecule has 3 atom stereocenters. The van der Waals surface area contributed by atoms with Crippen LogP contribution in [0.2, 0.25) is 0 Å². The molecule has 326 valence electrons. The third-order valence-electron chi connectivity index (χ3n) is 10.1. The number of aliphatic hydroxyl groups excluding tert-OH is 1. The summed E-state index contributed by atoms with van der Waals surface area (Å²) in [5.74, 6) is -2.35. The molecule has 12 heteroatoms. The highest BCUT2D eigenvalue weighted by Gasteiger charge is 2.28. The quantitative estimate of drug-likeness (QED) is 0.0264. The van der Waals surface area contributed by atoms with Crippen molar-refractivity contribution in [2.45, 2.75) is 238 Å². The molecule has 11 nitrogen and oxygen atoms in total. The van der Waals surface area contributed by atoms with Crippen LogP contribution in [0.15, 0.2) is 0 Å². The molecule has 0 rings (SSSR count). The summed E-state index contributed by atoms with van der Waals surface area (Å²) in [7, 11) is -4.75. The fourth-order valence-corrected chi connectivity index (χ4v) is 7.38. The van der Waals surface area contributed by atoms with Gasteiger partial charge in [0, 0.05) is 12.8 Å². The maximum atomic E-state index is 12.3. The Bertz CT molecular complexity index is 952. The van der Waals surface area contributed by atoms with Crippen LogP contribution in [0.1, 0.15) is 226 Å². The van der Waals surface area contributed by atoms with Crippen molar-refractivity contribution in [3.63, 3.8) is 0 Å². The van der Waals surface area contributed by atoms with Crippen molar-refractivity contribution >= 4 is 25.7 Å². The number of esters is 1. The van der Waals surface area contributed by atoms with E-state index in [0.717, 1.165) is 38.5 Å². The molecule has 1 amide bonds. The van der Waals surface area contributed by atoms with Gasteiger partial charge in [-0.15, -0.1) is 0 Å². The van der Waals surface area contributed by atoms with Gasteiger partial charge in [0.25, 0.3) is 0 Å². The van der Waals surface area contributed by atoms with Gasteiger partial charge in [0.15, 0.2) is 6.04 Å². The minimum Gasteiger partial charge on any atom is -0.480 e. The molecule has 0 radical (unpaired) electrons. The number of rotatable bonds is 43. The SMILES string of the molecule is CCCCCCCCCCCCCCCCCCCCCC(=O)NC(COP(=O)(O)OCC(O)COC(=O)CCCCCCCCCCCCCC)C(=O)O. The molecule has 0 fully saturated rings. The Morgan fingerprint density at radius 1 is 0.509 bits per heavy atom. The second kappa shape index (κ2) is 39.3. The van der Waals surface area contributed by atoms with Crippen LogP contribution in [-0.4, -0.2) is 64.9 Å². The van der Waals surface area contributed by atoms with Crippen molar-refractivity contribution in [1.82, 2.24) is 5.32 Å². The number of nitrogens with one attached hydrogen (secondary N) is 1. The summed E-state index contributed by atoms with van der Waals surface area (Å²) in [4.78, 5) is 45.9. The highest BCUT2D eigenvalue weighted by molar-refractivity contribution is 7.47. The zero-order valence-electron chi connectivity index (χ0n) is 35.3. The first kappa shape index (κ1) is 53.5. The third-order valence-corrected chi connectivity index (χ3v) is 11.1. The fourth-order valence-electron chi connectivity index (χ4n) is 6.61. The Kier molecular flexibility index (Phi) is 38.2. The monoisotopic (exact) mass is 806 g/mol. The van der Waals surface area contributed by atoms with Gasteiger partial charge in [-0.1, -0.05) is 200 Å². The average molecular weight is 806 g/mol. The van der Waals surface area contributed by atoms with Gasteiger partial charge in [-0.25, -0.2) is 9.36 Å². The van der Waals surface area contributed by atoms with Gasteiger partial charge in [0.1, 0.15) is 12.7 Å². The fraction of sp³-hybridized carbons (Fsp3) is 0.930. The van der Waals surface area contributed by atoms with Crippen LogP contribution in [0.5, 0.6) is 0 Å². The first-order chi connectivity index (χ1) is 26.6. The predicted octanol–water partition coefficient (Wildman–Crippen LogP) is 11.5. The predicted molar refractivity (Wildman–Crippen MR) is 222 cm³/mol. The van der Waals surface area contributed by atoms with Crippen LogP contribution in [0.25, 0.3) is 0 Å². The maximum absolute atomic E-state index is 12.3. The maximum Gasteiger partial charge on any atom is 0.472 e. The van der Waals surface area contributed by atoms with Crippen LogP contribution < -0.4 is 5.32 Å². The molecule has 0 saturated heterocycles. The van der Waals surface area contributed by atoms with E-state index in [9.17, 15) is 34.1 Å². The van der Waals surface area contributed by atoms with Crippen molar-refractivity contribution in [3.8, 4) is 0 Å². The van der Waals surface area contributed by atoms with E-state index in [1.54, 1.807) is 0 Å². The molecule has 3 unspecified atom stereocenters. The van der Waals surface area contributed by atoms with Crippen molar-refractivity contribution in [2.75, 3.05) is 19.8 Å². The Labute approximate surface area is 335 Å². The summed E-state index contributed by atoms with van der Waals surface area (Å²) in [5.41, 5.74) is 0. The van der Waals surface area contributed by atoms with Gasteiger partial charge < -0.3 is 25.2 Å². The lowest BCUT2D eigenvalue weighted by Gasteiger charge is -2.18. The Hall–Kier alpha value is -1.52. The van der Waals surface area contributed by atoms with Crippen molar-refractivity contribution in [3.05, 3.63) is 0 Å². The van der Waals surface area contributed by atoms with E-state index < -0.39 is 57.6 Å². The van der Waals surface area contributed by atoms with Gasteiger partial charge in [-0.3, -0.25) is 18.6 Å². The van der Waals surface area contributed by atoms with Gasteiger partial charge in [-0.05, 0) is 12.8 Å². The zero-order chi connectivity index (χ0) is 40.7. The highest BCUT2D eigenvalue weighted by Crippen LogP contribution is 2.43. The molecule has 0 aliphatic carbocycles. The molecule has 0 aliphatic rings. The van der Waals surface area contributed by atoms with Crippen LogP contribution in [0.4, 0.5) is 0 Å². The van der Waals surface area contributed by atoms with E-state index in [-0.39, 0.29) is 12.8 Å². The van der Waals surface area contributed by atoms with E-state index in [1.807, 2.05) is 0 Å². The number of carboxylic acid groups (broad SMARTS) is 1. The number of unbranched alkanes of at least 4 members (excludes halogenated alkanes) is 29. The van der Waals surface area contributed by atoms with E-state index in [0.29, 0.717) is 12.8 Å². The smallest absolute Gasteiger partial charge is 0.472 e. The second-order valence-corrected chi connectivity index (χ2v) is 17.1. The number of carboxylic acids is 1. The number of aliphatic carboxylic acids is 1. The van der Waals surface area contributed by atoms with E-state index in [1.165, 1.54) is 148 Å². The van der Waals surface area contributed by atoms with Crippen molar-refractivity contribution in [2.24, 2.45) is 0 Å². The number of hydrogen-bond donors (Lipinski definition) is 4. The number of phosphoric ester groups is 1. The lowest BCUT2D eigenvalue weighted by Crippen LogP contribution is -2.43. The Morgan fingerprint density at radius 2 is 0.836 bits per heavy atom. The molecule has 55 heavy (non-hydrogen) atoms. The van der Waals surface area contributed by atoms with Gasteiger partial charge in [0.05, 0.1) is 13.2 Å². The van der Waals surface area contributed by atoms with E-state index in [4.69, 9.17) is 13.8 Å². The standard InChI is InChI=1S/C43H84NO10P/c1-3-5-7-9-11-13-15-17-18-19-20-21-22-23-24-26-28-30-32-34-41(46)44-40(43(48)49)38-54-55(50,51)53-37-39(45)36-52-42(47)35-33-31-29-27-25-16-14-12-10-8-6-4-2/h39-40,45H,3-38H2,1-2H3,(H,44,46)(H,48,49)(H,50,51). The average Bonchev–Trinajstić information content (AvgIpc) is 3.16. The molecule has 0 aromatic rings. The number of ether oxygens (including phenoxy) is 1. The number of amides is 1. The Morgan fingerprint density at radius 3 is 1.20 bits per heavy atom. The van der Waals surface area contributed by atoms with Crippen molar-refractivity contribution < 1.29 is 47.8 Å². The van der Waals surface area contributed by atoms with E-state index in [2.05, 4.69) is 19.2 Å². The number of carbonyl (C=O) groups is 3. The van der Waals surface area contributed by atoms with Crippen LogP contribution in [0, 0.1) is 0 Å². The van der Waals surface area contributed by atoms with E-state index >= 15 is 0 Å². The summed E-state index contributed by atoms with van der Waals surface area (Å²) in [6.45, 7) is 2.62. The summed E-state index contributed by atoms with van der Waals surface area (Å²) in [6, 6.07) is -1.54. The molecule has 0 saturated carbocycles. The summed E-state index contributed by atoms with van der Waals surface area (Å²) in [5, 5.41) is 21.8. The molecule has 0 heterocycles. The first-order valence-electron chi connectivity index (χ1n) is 22.6.